The van der Waals surface area contributed by atoms with Crippen molar-refractivity contribution in [2.45, 2.75) is 19.0 Å². The highest BCUT2D eigenvalue weighted by Gasteiger charge is 2.26. The third kappa shape index (κ3) is 2.55. The Morgan fingerprint density at radius 2 is 1.89 bits per heavy atom. The maximum Gasteiger partial charge on any atom is 0.322 e. The minimum Gasteiger partial charge on any atom is -0.496 e. The Bertz CT molecular complexity index is 448. The molecular formula is C12H18N2O4. The molecule has 0 aliphatic heterocycles. The van der Waals surface area contributed by atoms with Gasteiger partial charge in [-0.3, -0.25) is 4.79 Å². The molecule has 1 aromatic carbocycles. The average Bonchev–Trinajstić information content (AvgIpc) is 2.36. The summed E-state index contributed by atoms with van der Waals surface area (Å²) in [6.07, 6.45) is 0. The molecule has 100 valence electrons. The van der Waals surface area contributed by atoms with Gasteiger partial charge in [0.05, 0.1) is 20.3 Å². The lowest BCUT2D eigenvalue weighted by Gasteiger charge is -2.21. The van der Waals surface area contributed by atoms with Crippen LogP contribution in [0.25, 0.3) is 0 Å². The molecule has 1 rings (SSSR count). The predicted molar refractivity (Wildman–Crippen MR) is 66.8 cm³/mol. The van der Waals surface area contributed by atoms with E-state index in [4.69, 9.17) is 26.0 Å². The van der Waals surface area contributed by atoms with Gasteiger partial charge in [-0.1, -0.05) is 0 Å². The smallest absolute Gasteiger partial charge is 0.322 e. The third-order valence-electron chi connectivity index (χ3n) is 2.84. The minimum atomic E-state index is -1.19. The van der Waals surface area contributed by atoms with Crippen LogP contribution in [0.1, 0.15) is 17.2 Å². The molecule has 0 spiro atoms. The number of carbonyl (C=O) groups is 1. The molecule has 1 aromatic rings. The van der Waals surface area contributed by atoms with Gasteiger partial charge < -0.3 is 26.0 Å². The first-order chi connectivity index (χ1) is 8.43. The van der Waals surface area contributed by atoms with Crippen molar-refractivity contribution in [1.82, 2.24) is 0 Å². The summed E-state index contributed by atoms with van der Waals surface area (Å²) < 4.78 is 10.4. The van der Waals surface area contributed by atoms with Gasteiger partial charge in [-0.2, -0.15) is 0 Å². The molecule has 0 heterocycles. The van der Waals surface area contributed by atoms with Crippen LogP contribution in [-0.4, -0.2) is 31.3 Å². The van der Waals surface area contributed by atoms with Crippen LogP contribution in [0.2, 0.25) is 0 Å². The molecule has 0 aliphatic carbocycles. The second-order valence-electron chi connectivity index (χ2n) is 3.91. The maximum atomic E-state index is 10.9. The van der Waals surface area contributed by atoms with Crippen molar-refractivity contribution < 1.29 is 19.4 Å². The van der Waals surface area contributed by atoms with Crippen LogP contribution in [-0.2, 0) is 4.79 Å². The second kappa shape index (κ2) is 5.70. The SMILES string of the molecule is COc1ccc(C(N)C(N)C(=O)O)c(OC)c1C. The van der Waals surface area contributed by atoms with E-state index in [9.17, 15) is 4.79 Å². The van der Waals surface area contributed by atoms with Crippen LogP contribution in [0.3, 0.4) is 0 Å². The van der Waals surface area contributed by atoms with E-state index < -0.39 is 18.1 Å². The van der Waals surface area contributed by atoms with E-state index in [-0.39, 0.29) is 0 Å². The summed E-state index contributed by atoms with van der Waals surface area (Å²) in [5.74, 6) is -0.0109. The van der Waals surface area contributed by atoms with E-state index >= 15 is 0 Å². The van der Waals surface area contributed by atoms with Crippen molar-refractivity contribution in [3.05, 3.63) is 23.3 Å². The summed E-state index contributed by atoms with van der Waals surface area (Å²) in [4.78, 5) is 10.9. The Morgan fingerprint density at radius 3 is 2.33 bits per heavy atom. The first-order valence-electron chi connectivity index (χ1n) is 5.39. The van der Waals surface area contributed by atoms with E-state index in [1.165, 1.54) is 7.11 Å². The van der Waals surface area contributed by atoms with Crippen LogP contribution in [0.5, 0.6) is 11.5 Å². The Balaban J connectivity index is 3.25. The van der Waals surface area contributed by atoms with Crippen LogP contribution < -0.4 is 20.9 Å². The predicted octanol–water partition coefficient (Wildman–Crippen LogP) is 0.424. The van der Waals surface area contributed by atoms with Gasteiger partial charge in [0.25, 0.3) is 0 Å². The molecule has 0 aromatic heterocycles. The highest BCUT2D eigenvalue weighted by molar-refractivity contribution is 5.75. The first kappa shape index (κ1) is 14.3. The van der Waals surface area contributed by atoms with Crippen molar-refractivity contribution in [1.29, 1.82) is 0 Å². The summed E-state index contributed by atoms with van der Waals surface area (Å²) in [7, 11) is 3.04. The van der Waals surface area contributed by atoms with Crippen molar-refractivity contribution in [2.75, 3.05) is 14.2 Å². The third-order valence-corrected chi connectivity index (χ3v) is 2.84. The molecule has 0 fully saturated rings. The van der Waals surface area contributed by atoms with Gasteiger partial charge in [0.2, 0.25) is 0 Å². The fourth-order valence-corrected chi connectivity index (χ4v) is 1.80. The number of carboxylic acid groups (broad SMARTS) is 1. The van der Waals surface area contributed by atoms with Crippen molar-refractivity contribution >= 4 is 5.97 Å². The Hall–Kier alpha value is -1.79. The molecule has 0 saturated heterocycles. The summed E-state index contributed by atoms with van der Waals surface area (Å²) in [6.45, 7) is 1.81. The number of hydrogen-bond acceptors (Lipinski definition) is 5. The fourth-order valence-electron chi connectivity index (χ4n) is 1.80. The molecule has 0 aliphatic rings. The number of aliphatic carboxylic acids is 1. The number of hydrogen-bond donors (Lipinski definition) is 3. The van der Waals surface area contributed by atoms with Gasteiger partial charge in [-0.25, -0.2) is 0 Å². The molecule has 0 radical (unpaired) electrons. The van der Waals surface area contributed by atoms with Crippen LogP contribution in [0.4, 0.5) is 0 Å². The van der Waals surface area contributed by atoms with Gasteiger partial charge in [0.15, 0.2) is 0 Å². The van der Waals surface area contributed by atoms with Crippen LogP contribution in [0, 0.1) is 6.92 Å². The Morgan fingerprint density at radius 1 is 1.28 bits per heavy atom. The number of benzene rings is 1. The minimum absolute atomic E-state index is 0.499. The zero-order valence-electron chi connectivity index (χ0n) is 10.6. The van der Waals surface area contributed by atoms with Crippen molar-refractivity contribution in [3.63, 3.8) is 0 Å². The van der Waals surface area contributed by atoms with Gasteiger partial charge in [0, 0.05) is 11.1 Å². The summed E-state index contributed by atoms with van der Waals surface area (Å²) in [5, 5.41) is 8.88. The zero-order chi connectivity index (χ0) is 13.9. The molecule has 6 nitrogen and oxygen atoms in total. The van der Waals surface area contributed by atoms with Crippen molar-refractivity contribution in [2.24, 2.45) is 11.5 Å². The maximum absolute atomic E-state index is 10.9. The number of rotatable bonds is 5. The van der Waals surface area contributed by atoms with E-state index in [0.717, 1.165) is 5.56 Å². The van der Waals surface area contributed by atoms with E-state index in [2.05, 4.69) is 0 Å². The molecule has 2 unspecified atom stereocenters. The monoisotopic (exact) mass is 254 g/mol. The topological polar surface area (TPSA) is 108 Å². The number of methoxy groups -OCH3 is 2. The second-order valence-corrected chi connectivity index (χ2v) is 3.91. The molecule has 0 bridgehead atoms. The lowest BCUT2D eigenvalue weighted by Crippen LogP contribution is -2.41. The number of carboxylic acids is 1. The van der Waals surface area contributed by atoms with Crippen LogP contribution >= 0.6 is 0 Å². The van der Waals surface area contributed by atoms with Gasteiger partial charge >= 0.3 is 5.97 Å². The lowest BCUT2D eigenvalue weighted by atomic mass is 9.97. The fraction of sp³-hybridized carbons (Fsp3) is 0.417. The zero-order valence-corrected chi connectivity index (χ0v) is 10.6. The highest BCUT2D eigenvalue weighted by atomic mass is 16.5. The summed E-state index contributed by atoms with van der Waals surface area (Å²) in [6, 6.07) is 1.34. The van der Waals surface area contributed by atoms with E-state index in [1.54, 1.807) is 26.2 Å². The number of nitrogens with two attached hydrogens (primary N) is 2. The largest absolute Gasteiger partial charge is 0.496 e. The highest BCUT2D eigenvalue weighted by Crippen LogP contribution is 2.34. The average molecular weight is 254 g/mol. The van der Waals surface area contributed by atoms with Crippen LogP contribution in [0.15, 0.2) is 12.1 Å². The van der Waals surface area contributed by atoms with Gasteiger partial charge in [-0.05, 0) is 19.1 Å². The number of ether oxygens (including phenoxy) is 2. The van der Waals surface area contributed by atoms with E-state index in [1.807, 2.05) is 0 Å². The molecule has 18 heavy (non-hydrogen) atoms. The molecule has 2 atom stereocenters. The Labute approximate surface area is 105 Å². The quantitative estimate of drug-likeness (QED) is 0.703. The standard InChI is InChI=1S/C12H18N2O4/c1-6-8(17-2)5-4-7(11(6)18-3)9(13)10(14)12(15)16/h4-5,9-10H,13-14H2,1-3H3,(H,15,16). The van der Waals surface area contributed by atoms with Gasteiger partial charge in [-0.15, -0.1) is 0 Å². The van der Waals surface area contributed by atoms with Crippen molar-refractivity contribution in [3.8, 4) is 11.5 Å². The normalized spacial score (nSPS) is 13.8. The molecular weight excluding hydrogens is 236 g/mol. The molecule has 0 saturated carbocycles. The lowest BCUT2D eigenvalue weighted by molar-refractivity contribution is -0.139. The first-order valence-corrected chi connectivity index (χ1v) is 5.39. The molecule has 0 amide bonds. The van der Waals surface area contributed by atoms with Gasteiger partial charge in [0.1, 0.15) is 17.5 Å². The summed E-state index contributed by atoms with van der Waals surface area (Å²) >= 11 is 0. The van der Waals surface area contributed by atoms with E-state index in [0.29, 0.717) is 17.1 Å². The molecule has 5 N–H and O–H groups in total. The summed E-state index contributed by atoms with van der Waals surface area (Å²) in [5.41, 5.74) is 12.7. The molecule has 6 heteroatoms. The Kier molecular flexibility index (Phi) is 4.52.